The molecule has 4 saturated carbocycles. The highest BCUT2D eigenvalue weighted by atomic mass is 32.2. The number of rotatable bonds is 7. The smallest absolute Gasteiger partial charge is 0.226 e. The topological polar surface area (TPSA) is 99.3 Å². The summed E-state index contributed by atoms with van der Waals surface area (Å²) in [6.45, 7) is 0. The largest absolute Gasteiger partial charge is 0.330 e. The number of carbonyl (C=O) groups is 1. The van der Waals surface area contributed by atoms with E-state index in [1.807, 2.05) is 0 Å². The van der Waals surface area contributed by atoms with Crippen molar-refractivity contribution >= 4 is 27.9 Å². The van der Waals surface area contributed by atoms with Crippen LogP contribution in [-0.2, 0) is 14.8 Å². The second-order valence-electron chi connectivity index (χ2n) is 12.3. The third-order valence-corrected chi connectivity index (χ3v) is 12.8. The molecular weight excluding hydrogens is 492 g/mol. The molecule has 1 aliphatic heterocycles. The highest BCUT2D eigenvalue weighted by molar-refractivity contribution is 7.98. The summed E-state index contributed by atoms with van der Waals surface area (Å²) < 4.78 is 33.3. The highest BCUT2D eigenvalue weighted by Crippen LogP contribution is 2.40. The van der Waals surface area contributed by atoms with E-state index in [1.54, 1.807) is 11.9 Å². The first-order valence-electron chi connectivity index (χ1n) is 15.0. The molecule has 0 aromatic carbocycles. The van der Waals surface area contributed by atoms with Crippen LogP contribution in [-0.4, -0.2) is 37.3 Å². The van der Waals surface area contributed by atoms with E-state index in [2.05, 4.69) is 20.1 Å². The van der Waals surface area contributed by atoms with E-state index in [9.17, 15) is 13.2 Å². The van der Waals surface area contributed by atoms with Crippen molar-refractivity contribution in [2.75, 3.05) is 0 Å². The molecule has 0 spiro atoms. The van der Waals surface area contributed by atoms with Crippen molar-refractivity contribution in [3.63, 3.8) is 0 Å². The van der Waals surface area contributed by atoms with Crippen molar-refractivity contribution in [2.45, 2.75) is 139 Å². The Morgan fingerprint density at radius 3 is 1.97 bits per heavy atom. The van der Waals surface area contributed by atoms with Gasteiger partial charge in [0.15, 0.2) is 0 Å². The Morgan fingerprint density at radius 2 is 1.28 bits per heavy atom. The van der Waals surface area contributed by atoms with Gasteiger partial charge in [0.2, 0.25) is 15.9 Å². The Labute approximate surface area is 223 Å². The first-order chi connectivity index (χ1) is 17.5. The van der Waals surface area contributed by atoms with Gasteiger partial charge in [-0.25, -0.2) is 17.9 Å². The molecule has 4 N–H and O–H groups in total. The fraction of sp³-hybridized carbons (Fsp3) is 0.963. The molecule has 4 aliphatic carbocycles. The zero-order chi connectivity index (χ0) is 25.0. The van der Waals surface area contributed by atoms with Gasteiger partial charge in [-0.3, -0.25) is 10.1 Å². The van der Waals surface area contributed by atoms with Gasteiger partial charge in [0, 0.05) is 6.04 Å². The molecule has 4 unspecified atom stereocenters. The average Bonchev–Trinajstić information content (AvgIpc) is 3.38. The van der Waals surface area contributed by atoms with Crippen molar-refractivity contribution < 1.29 is 13.2 Å². The first-order valence-corrected chi connectivity index (χ1v) is 17.4. The molecule has 7 nitrogen and oxygen atoms in total. The average molecular weight is 541 g/mol. The van der Waals surface area contributed by atoms with Gasteiger partial charge in [-0.2, -0.15) is 0 Å². The minimum absolute atomic E-state index is 0.0144. The predicted molar refractivity (Wildman–Crippen MR) is 146 cm³/mol. The van der Waals surface area contributed by atoms with E-state index >= 15 is 0 Å². The van der Waals surface area contributed by atoms with Gasteiger partial charge >= 0.3 is 0 Å². The van der Waals surface area contributed by atoms with Crippen LogP contribution in [0.1, 0.15) is 116 Å². The Bertz CT molecular complexity index is 821. The lowest BCUT2D eigenvalue weighted by Gasteiger charge is -2.37. The van der Waals surface area contributed by atoms with Gasteiger partial charge in [-0.1, -0.05) is 64.2 Å². The van der Waals surface area contributed by atoms with Crippen LogP contribution in [0.25, 0.3) is 0 Å². The van der Waals surface area contributed by atoms with Crippen molar-refractivity contribution in [1.82, 2.24) is 20.1 Å². The van der Waals surface area contributed by atoms with Gasteiger partial charge in [-0.15, -0.1) is 0 Å². The Balaban J connectivity index is 1.12. The fourth-order valence-corrected chi connectivity index (χ4v) is 10.5. The van der Waals surface area contributed by atoms with Crippen LogP contribution < -0.4 is 20.1 Å². The third-order valence-electron chi connectivity index (χ3n) is 9.93. The molecule has 5 rings (SSSR count). The zero-order valence-corrected chi connectivity index (χ0v) is 23.5. The zero-order valence-electron chi connectivity index (χ0n) is 21.9. The predicted octanol–water partition coefficient (Wildman–Crippen LogP) is 4.75. The fourth-order valence-electron chi connectivity index (χ4n) is 7.75. The van der Waals surface area contributed by atoms with Crippen LogP contribution in [0.2, 0.25) is 0 Å². The van der Waals surface area contributed by atoms with E-state index < -0.39 is 10.0 Å². The monoisotopic (exact) mass is 540 g/mol. The number of amides is 1. The van der Waals surface area contributed by atoms with Crippen LogP contribution in [0, 0.1) is 23.7 Å². The summed E-state index contributed by atoms with van der Waals surface area (Å²) in [4.78, 5) is 13.3. The molecule has 1 saturated heterocycles. The van der Waals surface area contributed by atoms with Crippen LogP contribution in [0.4, 0.5) is 0 Å². The van der Waals surface area contributed by atoms with E-state index in [0.717, 1.165) is 57.3 Å². The van der Waals surface area contributed by atoms with Crippen LogP contribution in [0.3, 0.4) is 0 Å². The van der Waals surface area contributed by atoms with E-state index in [4.69, 9.17) is 0 Å². The van der Waals surface area contributed by atoms with Crippen LogP contribution in [0.5, 0.6) is 0 Å². The summed E-state index contributed by atoms with van der Waals surface area (Å²) >= 11 is 1.55. The van der Waals surface area contributed by atoms with Crippen molar-refractivity contribution in [3.05, 3.63) is 0 Å². The summed E-state index contributed by atoms with van der Waals surface area (Å²) in [6.07, 6.45) is 20.5. The normalized spacial score (nSPS) is 37.6. The van der Waals surface area contributed by atoms with Crippen LogP contribution >= 0.6 is 11.9 Å². The molecule has 4 atom stereocenters. The van der Waals surface area contributed by atoms with Crippen molar-refractivity contribution in [1.29, 1.82) is 0 Å². The van der Waals surface area contributed by atoms with E-state index in [-0.39, 0.29) is 34.8 Å². The van der Waals surface area contributed by atoms with Crippen molar-refractivity contribution in [3.8, 4) is 0 Å². The summed E-state index contributed by atoms with van der Waals surface area (Å²) in [5, 5.41) is 6.43. The second-order valence-corrected chi connectivity index (χ2v) is 15.2. The number of nitrogens with one attached hydrogen (secondary N) is 4. The lowest BCUT2D eigenvalue weighted by molar-refractivity contribution is -0.126. The maximum absolute atomic E-state index is 13.4. The maximum atomic E-state index is 13.4. The molecular formula is C27H48N4O3S2. The lowest BCUT2D eigenvalue weighted by atomic mass is 9.73. The Hall–Kier alpha value is -0.350. The molecule has 0 aromatic heterocycles. The number of hydrogen-bond acceptors (Lipinski definition) is 6. The molecule has 1 heterocycles. The van der Waals surface area contributed by atoms with Crippen molar-refractivity contribution in [2.24, 2.45) is 23.7 Å². The molecule has 0 radical (unpaired) electrons. The molecule has 5 aliphatic rings. The third kappa shape index (κ3) is 6.80. The van der Waals surface area contributed by atoms with E-state index in [0.29, 0.717) is 11.8 Å². The standard InChI is InChI=1S/C27H48N4O3S2/c32-26(29-27-28-25(30-35-27)21-11-5-2-6-12-21)23-13-7-8-14-24(23)31-36(33,34)22-17-15-20(16-18-22)19-9-3-1-4-10-19/h19-25,27-28,30-31H,1-18H2,(H,29,32). The number of hydrogen-bond donors (Lipinski definition) is 4. The van der Waals surface area contributed by atoms with E-state index in [1.165, 1.54) is 64.2 Å². The molecule has 0 aromatic rings. The molecule has 206 valence electrons. The Morgan fingerprint density at radius 1 is 0.694 bits per heavy atom. The minimum Gasteiger partial charge on any atom is -0.330 e. The summed E-state index contributed by atoms with van der Waals surface area (Å²) in [5.41, 5.74) is -0.154. The quantitative estimate of drug-likeness (QED) is 0.348. The molecule has 0 bridgehead atoms. The summed E-state index contributed by atoms with van der Waals surface area (Å²) in [7, 11) is -3.42. The van der Waals surface area contributed by atoms with Gasteiger partial charge in [0.25, 0.3) is 0 Å². The maximum Gasteiger partial charge on any atom is 0.226 e. The molecule has 36 heavy (non-hydrogen) atoms. The summed E-state index contributed by atoms with van der Waals surface area (Å²) in [5.74, 6) is 1.85. The van der Waals surface area contributed by atoms with Gasteiger partial charge in [0.05, 0.1) is 17.3 Å². The second kappa shape index (κ2) is 12.7. The van der Waals surface area contributed by atoms with Gasteiger partial charge < -0.3 is 5.32 Å². The number of carbonyl (C=O) groups excluding carboxylic acids is 1. The van der Waals surface area contributed by atoms with Crippen LogP contribution in [0.15, 0.2) is 0 Å². The minimum atomic E-state index is -3.42. The lowest BCUT2D eigenvalue weighted by Crippen LogP contribution is -2.53. The van der Waals surface area contributed by atoms with Gasteiger partial charge in [-0.05, 0) is 81.1 Å². The SMILES string of the molecule is O=C(NC1NC(C2CCCCC2)NS1)C1CCCCC1NS(=O)(=O)C1CCC(C2CCCCC2)CC1. The highest BCUT2D eigenvalue weighted by Gasteiger charge is 2.40. The Kier molecular flexibility index (Phi) is 9.58. The summed E-state index contributed by atoms with van der Waals surface area (Å²) in [6, 6.07) is -0.284. The van der Waals surface area contributed by atoms with Gasteiger partial charge in [0.1, 0.15) is 5.50 Å². The molecule has 1 amide bonds. The first kappa shape index (κ1) is 27.2. The molecule has 5 fully saturated rings. The molecule has 9 heteroatoms. The number of sulfonamides is 1.